The van der Waals surface area contributed by atoms with Crippen molar-refractivity contribution in [1.29, 1.82) is 0 Å². The zero-order valence-electron chi connectivity index (χ0n) is 35.7. The molecule has 18 nitrogen and oxygen atoms in total. The second-order valence-electron chi connectivity index (χ2n) is 13.9. The number of hydrogen-bond acceptors (Lipinski definition) is 16. The van der Waals surface area contributed by atoms with E-state index in [4.69, 9.17) is 53.6 Å². The molecular formula is C41H78N4O14. The van der Waals surface area contributed by atoms with Crippen LogP contribution in [0.4, 0.5) is 0 Å². The Kier molecular flexibility index (Phi) is 43.6. The van der Waals surface area contributed by atoms with E-state index in [9.17, 15) is 19.8 Å². The minimum Gasteiger partial charge on any atom is -0.390 e. The van der Waals surface area contributed by atoms with Crippen LogP contribution in [-0.2, 0) is 57.4 Å². The van der Waals surface area contributed by atoms with Crippen molar-refractivity contribution < 1.29 is 67.6 Å². The van der Waals surface area contributed by atoms with Gasteiger partial charge in [-0.25, -0.2) is 0 Å². The van der Waals surface area contributed by atoms with Crippen molar-refractivity contribution >= 4 is 36.4 Å². The third-order valence-corrected chi connectivity index (χ3v) is 11.2. The number of aliphatic hydroxyl groups excluding tert-OH is 2. The maximum Gasteiger partial charge on any atom is 0.373 e. The highest BCUT2D eigenvalue weighted by molar-refractivity contribution is 5.73. The first-order valence-corrected chi connectivity index (χ1v) is 19.5. The summed E-state index contributed by atoms with van der Waals surface area (Å²) < 4.78 is 12.5. The van der Waals surface area contributed by atoms with E-state index in [1.165, 1.54) is 13.8 Å². The molecule has 2 fully saturated rings. The van der Waals surface area contributed by atoms with Crippen LogP contribution in [0.25, 0.3) is 0 Å². The number of nitrogens with one attached hydrogen (secondary N) is 3. The third kappa shape index (κ3) is 23.0. The van der Waals surface area contributed by atoms with Crippen molar-refractivity contribution in [3.63, 3.8) is 0 Å². The van der Waals surface area contributed by atoms with Gasteiger partial charge in [-0.1, -0.05) is 70.2 Å². The molecule has 0 radical (unpaired) electrons. The van der Waals surface area contributed by atoms with Gasteiger partial charge in [-0.05, 0) is 82.1 Å². The Morgan fingerprint density at radius 2 is 0.881 bits per heavy atom. The van der Waals surface area contributed by atoms with Gasteiger partial charge in [0, 0.05) is 25.9 Å². The van der Waals surface area contributed by atoms with Gasteiger partial charge in [0.25, 0.3) is 0 Å². The molecule has 0 aliphatic heterocycles. The molecule has 0 unspecified atom stereocenters. The number of ether oxygens (including phenoxy) is 2. The number of rotatable bonds is 15. The molecular weight excluding hydrogens is 772 g/mol. The van der Waals surface area contributed by atoms with Gasteiger partial charge >= 0.3 is 24.6 Å². The highest BCUT2D eigenvalue weighted by atomic mass is 16.5. The molecule has 8 atom stereocenters. The molecule has 2 aliphatic rings. The molecule has 346 valence electrons. The SMILES string of the molecule is C.C.CCC(CC)O[C@H]1[C@H](NC(C)=O)[C@@H](N)CC(CC)(CC)[C@@H]1O.CCC(CC)O[C@H]1[C@H](NC(C)=O)[C@@H](NC)CC(CC)(CC)[C@@H]1O.O=C=O.O=C=O.O=C=O.O=C=O. The summed E-state index contributed by atoms with van der Waals surface area (Å²) >= 11 is 0. The summed E-state index contributed by atoms with van der Waals surface area (Å²) in [4.78, 5) is 88.2. The van der Waals surface area contributed by atoms with Gasteiger partial charge in [-0.3, -0.25) is 9.59 Å². The molecule has 2 amide bonds. The van der Waals surface area contributed by atoms with Gasteiger partial charge < -0.3 is 41.4 Å². The van der Waals surface area contributed by atoms with E-state index < -0.39 is 18.3 Å². The number of likely N-dealkylation sites (N-methyl/N-ethyl adjacent to an activating group) is 1. The van der Waals surface area contributed by atoms with Crippen LogP contribution >= 0.6 is 0 Å². The quantitative estimate of drug-likeness (QED) is 0.138. The van der Waals surface area contributed by atoms with Crippen molar-refractivity contribution in [1.82, 2.24) is 16.0 Å². The number of aliphatic hydroxyl groups is 2. The Bertz CT molecular complexity index is 1170. The average molecular weight is 851 g/mol. The third-order valence-electron chi connectivity index (χ3n) is 11.2. The monoisotopic (exact) mass is 851 g/mol. The van der Waals surface area contributed by atoms with Crippen LogP contribution in [0.1, 0.15) is 148 Å². The second kappa shape index (κ2) is 38.4. The summed E-state index contributed by atoms with van der Waals surface area (Å²) in [5.74, 6) is -0.215. The van der Waals surface area contributed by atoms with Crippen LogP contribution in [0.15, 0.2) is 0 Å². The van der Waals surface area contributed by atoms with Gasteiger partial charge in [0.2, 0.25) is 11.8 Å². The van der Waals surface area contributed by atoms with Crippen molar-refractivity contribution in [2.45, 2.75) is 209 Å². The Morgan fingerprint density at radius 3 is 1.14 bits per heavy atom. The lowest BCUT2D eigenvalue weighted by molar-refractivity contribution is -0.193. The highest BCUT2D eigenvalue weighted by Gasteiger charge is 2.53. The van der Waals surface area contributed by atoms with Crippen LogP contribution in [0, 0.1) is 10.8 Å². The summed E-state index contributed by atoms with van der Waals surface area (Å²) in [7, 11) is 1.92. The Morgan fingerprint density at radius 1 is 0.610 bits per heavy atom. The maximum absolute atomic E-state index is 11.7. The number of amides is 2. The Hall–Kier alpha value is -3.78. The van der Waals surface area contributed by atoms with Gasteiger partial charge in [-0.2, -0.15) is 38.4 Å². The number of carbonyl (C=O) groups is 2. The van der Waals surface area contributed by atoms with E-state index in [-0.39, 0.29) is 105 Å². The van der Waals surface area contributed by atoms with Crippen LogP contribution in [0.2, 0.25) is 0 Å². The molecule has 18 heteroatoms. The minimum absolute atomic E-state index is 0. The van der Waals surface area contributed by atoms with E-state index in [0.717, 1.165) is 57.8 Å². The van der Waals surface area contributed by atoms with Crippen LogP contribution in [-0.4, -0.2) is 114 Å². The molecule has 0 saturated heterocycles. The molecule has 2 saturated carbocycles. The lowest BCUT2D eigenvalue weighted by Crippen LogP contribution is -2.67. The van der Waals surface area contributed by atoms with E-state index in [1.807, 2.05) is 7.05 Å². The average Bonchev–Trinajstić information content (AvgIpc) is 3.17. The van der Waals surface area contributed by atoms with Crippen LogP contribution < -0.4 is 21.7 Å². The van der Waals surface area contributed by atoms with Crippen LogP contribution in [0.5, 0.6) is 0 Å². The molecule has 0 bridgehead atoms. The Balaban J connectivity index is -0.000000182. The number of carbonyl (C=O) groups excluding carboxylic acids is 10. The summed E-state index contributed by atoms with van der Waals surface area (Å²) in [5, 5.41) is 31.4. The van der Waals surface area contributed by atoms with Crippen molar-refractivity contribution in [3.8, 4) is 0 Å². The predicted octanol–water partition coefficient (Wildman–Crippen LogP) is 3.13. The van der Waals surface area contributed by atoms with Crippen molar-refractivity contribution in [2.24, 2.45) is 16.6 Å². The zero-order chi connectivity index (χ0) is 45.4. The van der Waals surface area contributed by atoms with E-state index >= 15 is 0 Å². The van der Waals surface area contributed by atoms with Gasteiger partial charge in [-0.15, -0.1) is 0 Å². The molecule has 2 aliphatic carbocycles. The highest BCUT2D eigenvalue weighted by Crippen LogP contribution is 2.45. The van der Waals surface area contributed by atoms with Gasteiger partial charge in [0.1, 0.15) is 12.2 Å². The van der Waals surface area contributed by atoms with Crippen molar-refractivity contribution in [2.75, 3.05) is 7.05 Å². The van der Waals surface area contributed by atoms with E-state index in [0.29, 0.717) is 6.42 Å². The first-order valence-electron chi connectivity index (χ1n) is 19.5. The normalized spacial score (nSPS) is 24.1. The molecule has 59 heavy (non-hydrogen) atoms. The first-order chi connectivity index (χ1) is 26.9. The fourth-order valence-electron chi connectivity index (χ4n) is 7.73. The minimum atomic E-state index is -0.611. The lowest BCUT2D eigenvalue weighted by atomic mass is 9.63. The van der Waals surface area contributed by atoms with Crippen molar-refractivity contribution in [3.05, 3.63) is 0 Å². The predicted molar refractivity (Wildman–Crippen MR) is 215 cm³/mol. The molecule has 0 heterocycles. The summed E-state index contributed by atoms with van der Waals surface area (Å²) in [6.45, 7) is 19.8. The smallest absolute Gasteiger partial charge is 0.373 e. The van der Waals surface area contributed by atoms with Gasteiger partial charge in [0.15, 0.2) is 0 Å². The standard InChI is InChI=1S/C18H36N2O3.C17H34N2O3.4CO2.2CH4/c1-7-13(8-2)23-16-15(20-12(5)21)14(19-6)11-18(9-3,10-4)17(16)22;1-6-12(7-2)22-15-14(19-11(5)20)13(18)10-17(8-3,9-4)16(15)21;4*2-1-3;;/h13-17,19,22H,7-11H2,1-6H3,(H,20,21);12-16,21H,6-10,18H2,1-5H3,(H,19,20);;;;;2*1H4/t14-,15+,16-,17+;13-,14+,15-,16+;;;;;;/m00....../s1. The maximum atomic E-state index is 11.7. The molecule has 2 rings (SSSR count). The summed E-state index contributed by atoms with van der Waals surface area (Å²) in [6.07, 6.45) is 7.80. The number of nitrogens with two attached hydrogens (primary N) is 1. The lowest BCUT2D eigenvalue weighted by Gasteiger charge is -2.52. The number of hydrogen-bond donors (Lipinski definition) is 6. The Labute approximate surface area is 352 Å². The summed E-state index contributed by atoms with van der Waals surface area (Å²) in [6, 6.07) is -0.647. The fourth-order valence-corrected chi connectivity index (χ4v) is 7.73. The fraction of sp³-hybridized carbons (Fsp3) is 0.854. The molecule has 0 spiro atoms. The molecule has 0 aromatic carbocycles. The summed E-state index contributed by atoms with van der Waals surface area (Å²) in [5.41, 5.74) is 5.96. The van der Waals surface area contributed by atoms with Gasteiger partial charge in [0.05, 0.1) is 36.5 Å². The zero-order valence-corrected chi connectivity index (χ0v) is 35.7. The van der Waals surface area contributed by atoms with E-state index in [2.05, 4.69) is 71.3 Å². The van der Waals surface area contributed by atoms with Crippen LogP contribution in [0.3, 0.4) is 0 Å². The first kappa shape index (κ1) is 67.0. The molecule has 0 aromatic rings. The molecule has 0 aromatic heterocycles. The van der Waals surface area contributed by atoms with E-state index in [1.54, 1.807) is 0 Å². The second-order valence-corrected chi connectivity index (χ2v) is 13.9. The topological polar surface area (TPSA) is 292 Å². The molecule has 7 N–H and O–H groups in total. The largest absolute Gasteiger partial charge is 0.390 e.